The van der Waals surface area contributed by atoms with Crippen LogP contribution in [0.15, 0.2) is 42.5 Å². The molecule has 1 aliphatic carbocycles. The predicted octanol–water partition coefficient (Wildman–Crippen LogP) is 4.80. The van der Waals surface area contributed by atoms with Crippen molar-refractivity contribution in [3.63, 3.8) is 0 Å². The Balaban J connectivity index is 1.64. The molecule has 27 heavy (non-hydrogen) atoms. The molecule has 1 amide bonds. The summed E-state index contributed by atoms with van der Waals surface area (Å²) >= 11 is 0. The Labute approximate surface area is 154 Å². The fraction of sp³-hybridized carbons (Fsp3) is 0.350. The lowest BCUT2D eigenvalue weighted by atomic mass is 10.0. The van der Waals surface area contributed by atoms with Crippen molar-refractivity contribution in [2.24, 2.45) is 0 Å². The van der Waals surface area contributed by atoms with Crippen molar-refractivity contribution in [1.82, 2.24) is 4.90 Å². The van der Waals surface area contributed by atoms with E-state index in [2.05, 4.69) is 0 Å². The van der Waals surface area contributed by atoms with Crippen molar-refractivity contribution >= 4 is 5.91 Å². The van der Waals surface area contributed by atoms with Crippen LogP contribution in [0.5, 0.6) is 11.5 Å². The summed E-state index contributed by atoms with van der Waals surface area (Å²) < 4.78 is 49.7. The van der Waals surface area contributed by atoms with Gasteiger partial charge in [0.05, 0.1) is 11.6 Å². The van der Waals surface area contributed by atoms with Crippen LogP contribution in [-0.4, -0.2) is 23.6 Å². The molecule has 1 unspecified atom stereocenters. The zero-order chi connectivity index (χ0) is 19.2. The van der Waals surface area contributed by atoms with Gasteiger partial charge < -0.3 is 14.4 Å². The topological polar surface area (TPSA) is 38.8 Å². The molecule has 142 valence electrons. The van der Waals surface area contributed by atoms with Crippen molar-refractivity contribution in [2.75, 3.05) is 6.79 Å². The zero-order valence-electron chi connectivity index (χ0n) is 14.6. The van der Waals surface area contributed by atoms with E-state index in [1.165, 1.54) is 6.07 Å². The first kappa shape index (κ1) is 17.7. The van der Waals surface area contributed by atoms with Gasteiger partial charge in [0.25, 0.3) is 5.91 Å². The lowest BCUT2D eigenvalue weighted by Crippen LogP contribution is -2.35. The van der Waals surface area contributed by atoms with Crippen LogP contribution in [0.25, 0.3) is 0 Å². The molecule has 2 aliphatic rings. The molecule has 0 bridgehead atoms. The molecule has 7 heteroatoms. The van der Waals surface area contributed by atoms with Gasteiger partial charge in [-0.15, -0.1) is 0 Å². The highest BCUT2D eigenvalue weighted by molar-refractivity contribution is 5.95. The van der Waals surface area contributed by atoms with Crippen LogP contribution in [0.1, 0.15) is 47.3 Å². The quantitative estimate of drug-likeness (QED) is 0.768. The van der Waals surface area contributed by atoms with Gasteiger partial charge in [0.1, 0.15) is 0 Å². The second kappa shape index (κ2) is 6.48. The van der Waals surface area contributed by atoms with Gasteiger partial charge in [0, 0.05) is 11.6 Å². The van der Waals surface area contributed by atoms with E-state index in [1.807, 2.05) is 0 Å². The summed E-state index contributed by atoms with van der Waals surface area (Å²) in [4.78, 5) is 14.8. The monoisotopic (exact) mass is 377 g/mol. The van der Waals surface area contributed by atoms with E-state index in [0.717, 1.165) is 25.0 Å². The summed E-state index contributed by atoms with van der Waals surface area (Å²) in [6, 6.07) is 9.68. The smallest absolute Gasteiger partial charge is 0.416 e. The number of nitrogens with zero attached hydrogens (tertiary/aromatic N) is 1. The number of halogens is 3. The summed E-state index contributed by atoms with van der Waals surface area (Å²) in [6.07, 6.45) is -2.72. The van der Waals surface area contributed by atoms with Crippen molar-refractivity contribution < 1.29 is 27.4 Å². The Kier molecular flexibility index (Phi) is 4.25. The summed E-state index contributed by atoms with van der Waals surface area (Å²) in [5, 5.41) is 0. The number of fused-ring (bicyclic) bond motifs is 1. The third-order valence-electron chi connectivity index (χ3n) is 4.91. The lowest BCUT2D eigenvalue weighted by molar-refractivity contribution is -0.137. The minimum absolute atomic E-state index is 0.0347. The maximum atomic E-state index is 13.1. The number of ether oxygens (including phenoxy) is 2. The van der Waals surface area contributed by atoms with Crippen LogP contribution in [0, 0.1) is 0 Å². The molecule has 2 aromatic rings. The summed E-state index contributed by atoms with van der Waals surface area (Å²) in [5.41, 5.74) is 0.189. The van der Waals surface area contributed by atoms with Crippen molar-refractivity contribution in [3.05, 3.63) is 59.2 Å². The van der Waals surface area contributed by atoms with E-state index in [4.69, 9.17) is 9.47 Å². The molecule has 0 aromatic heterocycles. The van der Waals surface area contributed by atoms with E-state index in [-0.39, 0.29) is 18.7 Å². The highest BCUT2D eigenvalue weighted by Gasteiger charge is 2.38. The molecule has 0 N–H and O–H groups in total. The van der Waals surface area contributed by atoms with Crippen LogP contribution in [-0.2, 0) is 6.18 Å². The fourth-order valence-electron chi connectivity index (χ4n) is 3.32. The van der Waals surface area contributed by atoms with Gasteiger partial charge in [-0.1, -0.05) is 12.1 Å². The van der Waals surface area contributed by atoms with E-state index >= 15 is 0 Å². The van der Waals surface area contributed by atoms with Crippen LogP contribution in [0.4, 0.5) is 13.2 Å². The molecule has 1 fully saturated rings. The SMILES string of the molecule is CC(c1cccc(C(F)(F)F)c1)N(C(=O)c1ccc2c(c1)OCO2)C1CC1. The number of alkyl halides is 3. The number of benzene rings is 2. The highest BCUT2D eigenvalue weighted by atomic mass is 19.4. The summed E-state index contributed by atoms with van der Waals surface area (Å²) in [5.74, 6) is 0.861. The second-order valence-corrected chi connectivity index (χ2v) is 6.81. The maximum absolute atomic E-state index is 13.1. The van der Waals surface area contributed by atoms with E-state index in [9.17, 15) is 18.0 Å². The van der Waals surface area contributed by atoms with Gasteiger partial charge in [-0.25, -0.2) is 0 Å². The number of hydrogen-bond acceptors (Lipinski definition) is 3. The number of carbonyl (C=O) groups excluding carboxylic acids is 1. The molecule has 4 rings (SSSR count). The first-order chi connectivity index (χ1) is 12.8. The van der Waals surface area contributed by atoms with Gasteiger partial charge in [-0.2, -0.15) is 13.2 Å². The predicted molar refractivity (Wildman–Crippen MR) is 91.6 cm³/mol. The zero-order valence-corrected chi connectivity index (χ0v) is 14.6. The highest BCUT2D eigenvalue weighted by Crippen LogP contribution is 2.39. The van der Waals surface area contributed by atoms with Gasteiger partial charge in [-0.05, 0) is 55.7 Å². The normalized spacial score (nSPS) is 16.9. The molecule has 4 nitrogen and oxygen atoms in total. The van der Waals surface area contributed by atoms with E-state index in [1.54, 1.807) is 36.1 Å². The second-order valence-electron chi connectivity index (χ2n) is 6.81. The van der Waals surface area contributed by atoms with Crippen LogP contribution < -0.4 is 9.47 Å². The number of amides is 1. The average molecular weight is 377 g/mol. The molecular weight excluding hydrogens is 359 g/mol. The average Bonchev–Trinajstić information content (AvgIpc) is 3.36. The molecule has 1 aliphatic heterocycles. The molecule has 1 saturated carbocycles. The van der Waals surface area contributed by atoms with Crippen LogP contribution in [0.3, 0.4) is 0 Å². The molecule has 0 radical (unpaired) electrons. The van der Waals surface area contributed by atoms with Gasteiger partial charge in [0.15, 0.2) is 11.5 Å². The van der Waals surface area contributed by atoms with E-state index in [0.29, 0.717) is 22.6 Å². The molecule has 1 atom stereocenters. The third-order valence-corrected chi connectivity index (χ3v) is 4.91. The van der Waals surface area contributed by atoms with Gasteiger partial charge in [-0.3, -0.25) is 4.79 Å². The summed E-state index contributed by atoms with van der Waals surface area (Å²) in [7, 11) is 0. The third kappa shape index (κ3) is 3.46. The molecule has 1 heterocycles. The molecular formula is C20H18F3NO3. The maximum Gasteiger partial charge on any atom is 0.416 e. The molecule has 0 spiro atoms. The first-order valence-corrected chi connectivity index (χ1v) is 8.74. The van der Waals surface area contributed by atoms with Crippen LogP contribution in [0.2, 0.25) is 0 Å². The number of hydrogen-bond donors (Lipinski definition) is 0. The van der Waals surface area contributed by atoms with Crippen LogP contribution >= 0.6 is 0 Å². The Bertz CT molecular complexity index is 877. The Morgan fingerprint density at radius 2 is 1.85 bits per heavy atom. The first-order valence-electron chi connectivity index (χ1n) is 8.74. The number of carbonyl (C=O) groups is 1. The molecule has 2 aromatic carbocycles. The van der Waals surface area contributed by atoms with Crippen molar-refractivity contribution in [2.45, 2.75) is 38.0 Å². The van der Waals surface area contributed by atoms with Gasteiger partial charge in [0.2, 0.25) is 6.79 Å². The summed E-state index contributed by atoms with van der Waals surface area (Å²) in [6.45, 7) is 1.87. The minimum Gasteiger partial charge on any atom is -0.454 e. The Hall–Kier alpha value is -2.70. The van der Waals surface area contributed by atoms with E-state index < -0.39 is 17.8 Å². The van der Waals surface area contributed by atoms with Crippen molar-refractivity contribution in [1.29, 1.82) is 0 Å². The largest absolute Gasteiger partial charge is 0.454 e. The Morgan fingerprint density at radius 1 is 1.11 bits per heavy atom. The van der Waals surface area contributed by atoms with Gasteiger partial charge >= 0.3 is 6.18 Å². The number of rotatable bonds is 4. The lowest BCUT2D eigenvalue weighted by Gasteiger charge is -2.30. The fourth-order valence-corrected chi connectivity index (χ4v) is 3.32. The Morgan fingerprint density at radius 3 is 2.56 bits per heavy atom. The van der Waals surface area contributed by atoms with Crippen molar-refractivity contribution in [3.8, 4) is 11.5 Å². The molecule has 0 saturated heterocycles. The minimum atomic E-state index is -4.42. The standard InChI is InChI=1S/C20H18F3NO3/c1-12(13-3-2-4-15(9-13)20(21,22)23)24(16-6-7-16)19(25)14-5-8-17-18(10-14)27-11-26-17/h2-5,8-10,12,16H,6-7,11H2,1H3.